The minimum Gasteiger partial charge on any atom is -0.493 e. The van der Waals surface area contributed by atoms with Crippen molar-refractivity contribution in [2.75, 3.05) is 13.7 Å². The van der Waals surface area contributed by atoms with Gasteiger partial charge >= 0.3 is 5.97 Å². The van der Waals surface area contributed by atoms with Gasteiger partial charge in [-0.25, -0.2) is 4.79 Å². The number of aliphatic carboxylic acids is 1. The van der Waals surface area contributed by atoms with E-state index in [1.54, 1.807) is 18.4 Å². The van der Waals surface area contributed by atoms with Gasteiger partial charge < -0.3 is 14.6 Å². The molecule has 130 valence electrons. The highest BCUT2D eigenvalue weighted by molar-refractivity contribution is 7.80. The van der Waals surface area contributed by atoms with Crippen LogP contribution in [-0.4, -0.2) is 31.0 Å². The number of carboxylic acids is 1. The standard InChI is InChI=1S/C19H19NO4S/c1-3-6-14-9-13(11-20-15-7-4-5-8-17(15)25)10-16(23-2)19(14)24-12-18(21)22/h3-5,7-11,25H,1,6,12H2,2H3,(H,21,22). The monoisotopic (exact) mass is 357 g/mol. The third-order valence-corrected chi connectivity index (χ3v) is 3.69. The third kappa shape index (κ3) is 5.12. The summed E-state index contributed by atoms with van der Waals surface area (Å²) in [5, 5.41) is 8.84. The number of nitrogens with zero attached hydrogens (tertiary/aromatic N) is 1. The molecule has 0 spiro atoms. The van der Waals surface area contributed by atoms with E-state index in [2.05, 4.69) is 24.2 Å². The van der Waals surface area contributed by atoms with E-state index in [9.17, 15) is 4.79 Å². The van der Waals surface area contributed by atoms with Gasteiger partial charge in [-0.15, -0.1) is 19.2 Å². The summed E-state index contributed by atoms with van der Waals surface area (Å²) in [4.78, 5) is 16.0. The average Bonchev–Trinajstić information content (AvgIpc) is 2.59. The zero-order valence-corrected chi connectivity index (χ0v) is 14.7. The molecule has 0 fully saturated rings. The highest BCUT2D eigenvalue weighted by Gasteiger charge is 2.13. The summed E-state index contributed by atoms with van der Waals surface area (Å²) >= 11 is 4.37. The van der Waals surface area contributed by atoms with Crippen LogP contribution in [0.1, 0.15) is 11.1 Å². The number of carboxylic acid groups (broad SMARTS) is 1. The summed E-state index contributed by atoms with van der Waals surface area (Å²) < 4.78 is 10.7. The fourth-order valence-electron chi connectivity index (χ4n) is 2.23. The molecular weight excluding hydrogens is 338 g/mol. The SMILES string of the molecule is C=CCc1cc(C=Nc2ccccc2S)cc(OC)c1OCC(=O)O. The van der Waals surface area contributed by atoms with Crippen molar-refractivity contribution in [1.82, 2.24) is 0 Å². The molecule has 25 heavy (non-hydrogen) atoms. The van der Waals surface area contributed by atoms with Crippen LogP contribution in [0, 0.1) is 0 Å². The molecule has 0 saturated carbocycles. The highest BCUT2D eigenvalue weighted by atomic mass is 32.1. The second-order valence-corrected chi connectivity index (χ2v) is 5.62. The van der Waals surface area contributed by atoms with E-state index in [1.165, 1.54) is 7.11 Å². The number of carbonyl (C=O) groups is 1. The molecule has 0 saturated heterocycles. The number of hydrogen-bond donors (Lipinski definition) is 2. The molecule has 6 heteroatoms. The molecule has 0 aliphatic carbocycles. The van der Waals surface area contributed by atoms with Gasteiger partial charge in [0.15, 0.2) is 18.1 Å². The van der Waals surface area contributed by atoms with Crippen molar-refractivity contribution in [3.8, 4) is 11.5 Å². The lowest BCUT2D eigenvalue weighted by Gasteiger charge is -2.14. The molecule has 1 N–H and O–H groups in total. The molecule has 2 rings (SSSR count). The molecule has 0 unspecified atom stereocenters. The number of benzene rings is 2. The molecule has 0 amide bonds. The Morgan fingerprint density at radius 2 is 2.12 bits per heavy atom. The van der Waals surface area contributed by atoms with Crippen molar-refractivity contribution in [3.05, 3.63) is 60.2 Å². The van der Waals surface area contributed by atoms with Crippen molar-refractivity contribution >= 4 is 30.5 Å². The van der Waals surface area contributed by atoms with Crippen LogP contribution in [0.25, 0.3) is 0 Å². The van der Waals surface area contributed by atoms with E-state index in [0.717, 1.165) is 21.7 Å². The molecule has 0 bridgehead atoms. The Labute approximate surface area is 152 Å². The maximum Gasteiger partial charge on any atom is 0.341 e. The van der Waals surface area contributed by atoms with Crippen molar-refractivity contribution in [2.45, 2.75) is 11.3 Å². The van der Waals surface area contributed by atoms with Crippen LogP contribution in [0.2, 0.25) is 0 Å². The number of rotatable bonds is 8. The first-order valence-electron chi connectivity index (χ1n) is 7.53. The predicted octanol–water partition coefficient (Wildman–Crippen LogP) is 3.93. The van der Waals surface area contributed by atoms with Gasteiger partial charge in [0.1, 0.15) is 0 Å². The van der Waals surface area contributed by atoms with Crippen LogP contribution in [0.4, 0.5) is 5.69 Å². The summed E-state index contributed by atoms with van der Waals surface area (Å²) in [6.45, 7) is 3.28. The van der Waals surface area contributed by atoms with Crippen LogP contribution >= 0.6 is 12.6 Å². The topological polar surface area (TPSA) is 68.1 Å². The Bertz CT molecular complexity index is 802. The van der Waals surface area contributed by atoms with Crippen LogP contribution < -0.4 is 9.47 Å². The van der Waals surface area contributed by atoms with Gasteiger partial charge in [-0.05, 0) is 36.2 Å². The minimum atomic E-state index is -1.05. The minimum absolute atomic E-state index is 0.400. The summed E-state index contributed by atoms with van der Waals surface area (Å²) in [6, 6.07) is 11.1. The third-order valence-electron chi connectivity index (χ3n) is 3.31. The lowest BCUT2D eigenvalue weighted by atomic mass is 10.1. The summed E-state index contributed by atoms with van der Waals surface area (Å²) in [5.74, 6) is -0.208. The smallest absolute Gasteiger partial charge is 0.341 e. The van der Waals surface area contributed by atoms with Gasteiger partial charge in [0, 0.05) is 16.7 Å². The Morgan fingerprint density at radius 3 is 2.76 bits per heavy atom. The Hall–Kier alpha value is -2.73. The first-order chi connectivity index (χ1) is 12.0. The first kappa shape index (κ1) is 18.6. The molecule has 0 aromatic heterocycles. The molecule has 2 aromatic rings. The number of aliphatic imine (C=N–C) groups is 1. The summed E-state index contributed by atoms with van der Waals surface area (Å²) in [6.07, 6.45) is 3.92. The Kier molecular flexibility index (Phi) is 6.65. The highest BCUT2D eigenvalue weighted by Crippen LogP contribution is 2.33. The van der Waals surface area contributed by atoms with Gasteiger partial charge in [-0.2, -0.15) is 0 Å². The van der Waals surface area contributed by atoms with E-state index < -0.39 is 12.6 Å². The normalized spacial score (nSPS) is 10.6. The predicted molar refractivity (Wildman–Crippen MR) is 101 cm³/mol. The number of hydrogen-bond acceptors (Lipinski definition) is 5. The molecule has 0 aliphatic heterocycles. The van der Waals surface area contributed by atoms with Crippen molar-refractivity contribution in [1.29, 1.82) is 0 Å². The second-order valence-electron chi connectivity index (χ2n) is 5.13. The Morgan fingerprint density at radius 1 is 1.36 bits per heavy atom. The fraction of sp³-hybridized carbons (Fsp3) is 0.158. The van der Waals surface area contributed by atoms with Crippen molar-refractivity contribution in [2.24, 2.45) is 4.99 Å². The zero-order chi connectivity index (χ0) is 18.2. The molecule has 0 heterocycles. The summed E-state index contributed by atoms with van der Waals surface area (Å²) in [7, 11) is 1.50. The van der Waals surface area contributed by atoms with Crippen LogP contribution in [-0.2, 0) is 11.2 Å². The van der Waals surface area contributed by atoms with Gasteiger partial charge in [-0.3, -0.25) is 4.99 Å². The number of ether oxygens (including phenoxy) is 2. The molecule has 0 aliphatic rings. The maximum absolute atomic E-state index is 10.8. The molecule has 2 aromatic carbocycles. The number of allylic oxidation sites excluding steroid dienone is 1. The van der Waals surface area contributed by atoms with Crippen LogP contribution in [0.15, 0.2) is 58.9 Å². The van der Waals surface area contributed by atoms with Gasteiger partial charge in [0.25, 0.3) is 0 Å². The molecule has 0 radical (unpaired) electrons. The van der Waals surface area contributed by atoms with Crippen LogP contribution in [0.5, 0.6) is 11.5 Å². The van der Waals surface area contributed by atoms with E-state index in [0.29, 0.717) is 17.9 Å². The largest absolute Gasteiger partial charge is 0.493 e. The lowest BCUT2D eigenvalue weighted by Crippen LogP contribution is -2.11. The average molecular weight is 357 g/mol. The number of para-hydroxylation sites is 1. The quantitative estimate of drug-likeness (QED) is 0.427. The Balaban J connectivity index is 2.39. The zero-order valence-electron chi connectivity index (χ0n) is 13.8. The van der Waals surface area contributed by atoms with Gasteiger partial charge in [0.05, 0.1) is 12.8 Å². The van der Waals surface area contributed by atoms with Gasteiger partial charge in [-0.1, -0.05) is 18.2 Å². The van der Waals surface area contributed by atoms with Crippen LogP contribution in [0.3, 0.4) is 0 Å². The molecule has 0 atom stereocenters. The van der Waals surface area contributed by atoms with E-state index >= 15 is 0 Å². The first-order valence-corrected chi connectivity index (χ1v) is 7.98. The molecule has 5 nitrogen and oxygen atoms in total. The van der Waals surface area contributed by atoms with E-state index in [-0.39, 0.29) is 0 Å². The van der Waals surface area contributed by atoms with Crippen molar-refractivity contribution in [3.63, 3.8) is 0 Å². The van der Waals surface area contributed by atoms with E-state index in [1.807, 2.05) is 30.3 Å². The molecular formula is C19H19NO4S. The lowest BCUT2D eigenvalue weighted by molar-refractivity contribution is -0.139. The fourth-order valence-corrected chi connectivity index (χ4v) is 2.45. The maximum atomic E-state index is 10.8. The van der Waals surface area contributed by atoms with Gasteiger partial charge in [0.2, 0.25) is 0 Å². The summed E-state index contributed by atoms with van der Waals surface area (Å²) in [5.41, 5.74) is 2.32. The second kappa shape index (κ2) is 8.94. The number of methoxy groups -OCH3 is 1. The number of thiol groups is 1. The van der Waals surface area contributed by atoms with E-state index in [4.69, 9.17) is 14.6 Å². The van der Waals surface area contributed by atoms with Crippen molar-refractivity contribution < 1.29 is 19.4 Å².